The molecule has 0 atom stereocenters. The zero-order valence-corrected chi connectivity index (χ0v) is 11.0. The quantitative estimate of drug-likeness (QED) is 0.891. The molecule has 0 saturated heterocycles. The van der Waals surface area contributed by atoms with Crippen LogP contribution >= 0.6 is 22.9 Å². The molecule has 86 valence electrons. The molecule has 1 N–H and O–H groups in total. The van der Waals surface area contributed by atoms with Crippen molar-refractivity contribution in [2.75, 3.05) is 11.9 Å². The largest absolute Gasteiger partial charge is 0.360 e. The maximum atomic E-state index is 4.42. The van der Waals surface area contributed by atoms with Gasteiger partial charge in [-0.2, -0.15) is 4.37 Å². The van der Waals surface area contributed by atoms with Crippen molar-refractivity contribution in [3.05, 3.63) is 21.9 Å². The van der Waals surface area contributed by atoms with Gasteiger partial charge in [0.05, 0.1) is 6.42 Å². The third kappa shape index (κ3) is 2.99. The molecule has 0 aliphatic carbocycles. The van der Waals surface area contributed by atoms with Crippen LogP contribution in [-0.2, 0) is 6.42 Å². The highest BCUT2D eigenvalue weighted by molar-refractivity contribution is 7.10. The standard InChI is InChI=1S/C10H14N4S2/c1-3-4-11-10-13-8(14-16-10)5-9-12-7(2)6-15-9/h6H,3-5H2,1-2H3,(H,11,13,14). The summed E-state index contributed by atoms with van der Waals surface area (Å²) in [5.74, 6) is 0.859. The lowest BCUT2D eigenvalue weighted by Crippen LogP contribution is -1.99. The van der Waals surface area contributed by atoms with Gasteiger partial charge in [-0.15, -0.1) is 11.3 Å². The first-order valence-electron chi connectivity index (χ1n) is 5.25. The monoisotopic (exact) mass is 254 g/mol. The van der Waals surface area contributed by atoms with Crippen molar-refractivity contribution in [3.8, 4) is 0 Å². The average Bonchev–Trinajstić information content (AvgIpc) is 2.86. The highest BCUT2D eigenvalue weighted by atomic mass is 32.1. The Balaban J connectivity index is 1.97. The Labute approximate surface area is 103 Å². The van der Waals surface area contributed by atoms with Gasteiger partial charge in [-0.05, 0) is 13.3 Å². The molecular formula is C10H14N4S2. The number of nitrogens with one attached hydrogen (secondary N) is 1. The molecule has 0 saturated carbocycles. The third-order valence-corrected chi connectivity index (χ3v) is 3.65. The molecule has 0 aliphatic heterocycles. The number of aromatic nitrogens is 3. The lowest BCUT2D eigenvalue weighted by Gasteiger charge is -1.95. The van der Waals surface area contributed by atoms with E-state index in [0.717, 1.165) is 41.0 Å². The van der Waals surface area contributed by atoms with Crippen molar-refractivity contribution < 1.29 is 0 Å². The molecule has 0 fully saturated rings. The molecule has 2 aromatic rings. The number of thiazole rings is 1. The average molecular weight is 254 g/mol. The Morgan fingerprint density at radius 1 is 1.38 bits per heavy atom. The highest BCUT2D eigenvalue weighted by Gasteiger charge is 2.06. The van der Waals surface area contributed by atoms with Crippen LogP contribution in [0, 0.1) is 6.92 Å². The number of nitrogens with zero attached hydrogens (tertiary/aromatic N) is 3. The van der Waals surface area contributed by atoms with Crippen molar-refractivity contribution in [2.45, 2.75) is 26.7 Å². The molecule has 0 amide bonds. The molecule has 0 spiro atoms. The van der Waals surface area contributed by atoms with Crippen LogP contribution in [0.3, 0.4) is 0 Å². The van der Waals surface area contributed by atoms with E-state index in [2.05, 4.69) is 32.0 Å². The van der Waals surface area contributed by atoms with Crippen molar-refractivity contribution in [1.29, 1.82) is 0 Å². The minimum absolute atomic E-state index is 0.739. The van der Waals surface area contributed by atoms with E-state index in [1.165, 1.54) is 11.5 Å². The zero-order valence-electron chi connectivity index (χ0n) is 9.36. The Hall–Kier alpha value is -1.01. The molecule has 4 nitrogen and oxygen atoms in total. The predicted octanol–water partition coefficient (Wildman–Crippen LogP) is 2.72. The Morgan fingerprint density at radius 3 is 2.94 bits per heavy atom. The van der Waals surface area contributed by atoms with E-state index < -0.39 is 0 Å². The summed E-state index contributed by atoms with van der Waals surface area (Å²) in [5.41, 5.74) is 1.07. The first kappa shape index (κ1) is 11.5. The van der Waals surface area contributed by atoms with E-state index in [4.69, 9.17) is 0 Å². The SMILES string of the molecule is CCCNc1nc(Cc2nc(C)cs2)ns1. The topological polar surface area (TPSA) is 50.7 Å². The second kappa shape index (κ2) is 5.36. The van der Waals surface area contributed by atoms with Crippen LogP contribution in [0.2, 0.25) is 0 Å². The summed E-state index contributed by atoms with van der Waals surface area (Å²) in [6.45, 7) is 5.08. The van der Waals surface area contributed by atoms with Crippen molar-refractivity contribution in [1.82, 2.24) is 14.3 Å². The summed E-state index contributed by atoms with van der Waals surface area (Å²) < 4.78 is 4.31. The fourth-order valence-electron chi connectivity index (χ4n) is 1.25. The minimum Gasteiger partial charge on any atom is -0.360 e. The Kier molecular flexibility index (Phi) is 3.84. The summed E-state index contributed by atoms with van der Waals surface area (Å²) in [6.07, 6.45) is 1.84. The van der Waals surface area contributed by atoms with Crippen LogP contribution in [0.5, 0.6) is 0 Å². The van der Waals surface area contributed by atoms with Gasteiger partial charge in [0.15, 0.2) is 5.82 Å². The molecular weight excluding hydrogens is 240 g/mol. The summed E-state index contributed by atoms with van der Waals surface area (Å²) in [5, 5.41) is 7.28. The van der Waals surface area contributed by atoms with Gasteiger partial charge in [-0.3, -0.25) is 0 Å². The number of anilines is 1. The Bertz CT molecular complexity index is 449. The van der Waals surface area contributed by atoms with Crippen LogP contribution < -0.4 is 5.32 Å². The maximum Gasteiger partial charge on any atom is 0.202 e. The van der Waals surface area contributed by atoms with Gasteiger partial charge < -0.3 is 5.32 Å². The normalized spacial score (nSPS) is 10.6. The van der Waals surface area contributed by atoms with E-state index in [-0.39, 0.29) is 0 Å². The number of hydrogen-bond donors (Lipinski definition) is 1. The molecule has 2 rings (SSSR count). The zero-order chi connectivity index (χ0) is 11.4. The molecule has 2 aromatic heterocycles. The van der Waals surface area contributed by atoms with E-state index in [0.29, 0.717) is 0 Å². The molecule has 0 bridgehead atoms. The molecule has 16 heavy (non-hydrogen) atoms. The second-order valence-electron chi connectivity index (χ2n) is 3.50. The fourth-order valence-corrected chi connectivity index (χ4v) is 2.63. The smallest absolute Gasteiger partial charge is 0.202 e. The second-order valence-corrected chi connectivity index (χ2v) is 5.20. The minimum atomic E-state index is 0.739. The van der Waals surface area contributed by atoms with Crippen LogP contribution in [0.4, 0.5) is 5.13 Å². The summed E-state index contributed by atoms with van der Waals surface area (Å²) in [4.78, 5) is 8.82. The summed E-state index contributed by atoms with van der Waals surface area (Å²) in [6, 6.07) is 0. The third-order valence-electron chi connectivity index (χ3n) is 1.97. The predicted molar refractivity (Wildman–Crippen MR) is 68.3 cm³/mol. The maximum absolute atomic E-state index is 4.42. The lowest BCUT2D eigenvalue weighted by atomic mass is 10.4. The lowest BCUT2D eigenvalue weighted by molar-refractivity contribution is 0.962. The summed E-state index contributed by atoms with van der Waals surface area (Å²) in [7, 11) is 0. The van der Waals surface area contributed by atoms with Crippen LogP contribution in [0.1, 0.15) is 29.9 Å². The van der Waals surface area contributed by atoms with Crippen LogP contribution in [0.25, 0.3) is 0 Å². The van der Waals surface area contributed by atoms with Crippen LogP contribution in [0.15, 0.2) is 5.38 Å². The molecule has 0 aromatic carbocycles. The van der Waals surface area contributed by atoms with Gasteiger partial charge in [-0.1, -0.05) is 6.92 Å². The molecule has 0 aliphatic rings. The highest BCUT2D eigenvalue weighted by Crippen LogP contribution is 2.16. The van der Waals surface area contributed by atoms with Gasteiger partial charge in [0, 0.05) is 29.2 Å². The number of rotatable bonds is 5. The van der Waals surface area contributed by atoms with Crippen LogP contribution in [-0.4, -0.2) is 20.9 Å². The van der Waals surface area contributed by atoms with Crippen molar-refractivity contribution in [2.24, 2.45) is 0 Å². The van der Waals surface area contributed by atoms with Crippen molar-refractivity contribution >= 4 is 28.0 Å². The molecule has 6 heteroatoms. The van der Waals surface area contributed by atoms with Gasteiger partial charge in [0.25, 0.3) is 0 Å². The molecule has 2 heterocycles. The van der Waals surface area contributed by atoms with E-state index in [9.17, 15) is 0 Å². The van der Waals surface area contributed by atoms with Gasteiger partial charge in [-0.25, -0.2) is 9.97 Å². The molecule has 0 radical (unpaired) electrons. The first-order valence-corrected chi connectivity index (χ1v) is 6.90. The van der Waals surface area contributed by atoms with E-state index >= 15 is 0 Å². The molecule has 0 unspecified atom stereocenters. The van der Waals surface area contributed by atoms with E-state index in [1.54, 1.807) is 11.3 Å². The van der Waals surface area contributed by atoms with E-state index in [1.807, 2.05) is 6.92 Å². The van der Waals surface area contributed by atoms with Crippen molar-refractivity contribution in [3.63, 3.8) is 0 Å². The number of hydrogen-bond acceptors (Lipinski definition) is 6. The van der Waals surface area contributed by atoms with Gasteiger partial charge in [0.2, 0.25) is 5.13 Å². The fraction of sp³-hybridized carbons (Fsp3) is 0.500. The Morgan fingerprint density at radius 2 is 2.25 bits per heavy atom. The number of aryl methyl sites for hydroxylation is 1. The van der Waals surface area contributed by atoms with Gasteiger partial charge >= 0.3 is 0 Å². The van der Waals surface area contributed by atoms with Gasteiger partial charge in [0.1, 0.15) is 5.01 Å². The summed E-state index contributed by atoms with van der Waals surface area (Å²) >= 11 is 3.08. The first-order chi connectivity index (χ1) is 7.78.